The molecule has 1 aliphatic carbocycles. The average molecular weight is 610 g/mol. The van der Waals surface area contributed by atoms with E-state index in [9.17, 15) is 22.4 Å². The molecule has 1 N–H and O–H groups in total. The normalized spacial score (nSPS) is 14.5. The Morgan fingerprint density at radius 2 is 1.65 bits per heavy atom. The fraction of sp³-hybridized carbons (Fsp3) is 0.394. The third kappa shape index (κ3) is 8.79. The van der Waals surface area contributed by atoms with E-state index in [0.717, 1.165) is 53.8 Å². The number of carbonyl (C=O) groups is 2. The zero-order valence-corrected chi connectivity index (χ0v) is 25.8. The first-order chi connectivity index (χ1) is 20.5. The Labute approximate surface area is 253 Å². The molecule has 43 heavy (non-hydrogen) atoms. The van der Waals surface area contributed by atoms with Crippen LogP contribution in [0.4, 0.5) is 10.1 Å². The van der Waals surface area contributed by atoms with Crippen molar-refractivity contribution in [2.45, 2.75) is 64.1 Å². The highest BCUT2D eigenvalue weighted by Gasteiger charge is 2.34. The Kier molecular flexibility index (Phi) is 10.8. The summed E-state index contributed by atoms with van der Waals surface area (Å²) in [6.07, 6.45) is 6.15. The Hall–Kier alpha value is -3.92. The van der Waals surface area contributed by atoms with E-state index in [-0.39, 0.29) is 30.6 Å². The van der Waals surface area contributed by atoms with Crippen LogP contribution < -0.4 is 14.4 Å². The van der Waals surface area contributed by atoms with Crippen LogP contribution in [0.25, 0.3) is 0 Å². The van der Waals surface area contributed by atoms with E-state index in [1.165, 1.54) is 24.1 Å². The van der Waals surface area contributed by atoms with Gasteiger partial charge >= 0.3 is 0 Å². The van der Waals surface area contributed by atoms with Crippen molar-refractivity contribution in [2.75, 3.05) is 24.2 Å². The van der Waals surface area contributed by atoms with Gasteiger partial charge in [-0.3, -0.25) is 13.9 Å². The van der Waals surface area contributed by atoms with Gasteiger partial charge in [0.05, 0.1) is 19.1 Å². The number of sulfonamides is 1. The minimum atomic E-state index is -3.95. The third-order valence-electron chi connectivity index (χ3n) is 7.77. The number of hydrogen-bond acceptors (Lipinski definition) is 5. The first-order valence-corrected chi connectivity index (χ1v) is 16.4. The maximum Gasteiger partial charge on any atom is 0.244 e. The lowest BCUT2D eigenvalue weighted by Crippen LogP contribution is -2.55. The first kappa shape index (κ1) is 32.0. The largest absolute Gasteiger partial charge is 0.495 e. The van der Waals surface area contributed by atoms with Crippen molar-refractivity contribution >= 4 is 27.5 Å². The zero-order chi connectivity index (χ0) is 31.0. The van der Waals surface area contributed by atoms with Gasteiger partial charge < -0.3 is 15.0 Å². The maximum atomic E-state index is 14.3. The minimum absolute atomic E-state index is 0.00590. The predicted octanol–water partition coefficient (Wildman–Crippen LogP) is 5.00. The number of carbonyl (C=O) groups excluding carboxylic acids is 2. The lowest BCUT2D eigenvalue weighted by Gasteiger charge is -2.35. The molecule has 4 rings (SSSR count). The van der Waals surface area contributed by atoms with E-state index in [1.54, 1.807) is 30.3 Å². The van der Waals surface area contributed by atoms with Gasteiger partial charge in [0.2, 0.25) is 21.8 Å². The Morgan fingerprint density at radius 3 is 2.28 bits per heavy atom. The number of hydrogen-bond donors (Lipinski definition) is 1. The van der Waals surface area contributed by atoms with Gasteiger partial charge in [0.25, 0.3) is 0 Å². The van der Waals surface area contributed by atoms with Gasteiger partial charge in [0, 0.05) is 19.0 Å². The molecule has 230 valence electrons. The summed E-state index contributed by atoms with van der Waals surface area (Å²) in [5.41, 5.74) is 2.47. The number of amides is 2. The number of aryl methyl sites for hydroxylation is 1. The molecule has 10 heteroatoms. The second-order valence-corrected chi connectivity index (χ2v) is 13.0. The van der Waals surface area contributed by atoms with Crippen molar-refractivity contribution < 1.29 is 27.1 Å². The number of rotatable bonds is 12. The average Bonchev–Trinajstić information content (AvgIpc) is 2.99. The summed E-state index contributed by atoms with van der Waals surface area (Å²) in [5.74, 6) is -1.000. The lowest BCUT2D eigenvalue weighted by atomic mass is 9.94. The van der Waals surface area contributed by atoms with Crippen molar-refractivity contribution in [1.29, 1.82) is 0 Å². The summed E-state index contributed by atoms with van der Waals surface area (Å²) in [6, 6.07) is 19.3. The van der Waals surface area contributed by atoms with Crippen LogP contribution in [0.3, 0.4) is 0 Å². The van der Waals surface area contributed by atoms with Crippen molar-refractivity contribution in [1.82, 2.24) is 10.2 Å². The smallest absolute Gasteiger partial charge is 0.244 e. The summed E-state index contributed by atoms with van der Waals surface area (Å²) >= 11 is 0. The molecule has 3 aromatic rings. The second kappa shape index (κ2) is 14.5. The van der Waals surface area contributed by atoms with E-state index in [4.69, 9.17) is 4.74 Å². The first-order valence-electron chi connectivity index (χ1n) is 14.6. The van der Waals surface area contributed by atoms with Crippen molar-refractivity contribution in [3.63, 3.8) is 0 Å². The summed E-state index contributed by atoms with van der Waals surface area (Å²) in [7, 11) is -2.51. The van der Waals surface area contributed by atoms with E-state index in [2.05, 4.69) is 5.32 Å². The molecule has 1 aliphatic rings. The Balaban J connectivity index is 1.75. The van der Waals surface area contributed by atoms with Crippen LogP contribution in [-0.4, -0.2) is 57.1 Å². The topological polar surface area (TPSA) is 96.0 Å². The molecule has 0 aliphatic heterocycles. The SMILES string of the molecule is COc1ccc(C)cc1N(CC(=O)N(Cc1ccc(F)cc1)C(Cc1ccccc1)C(=O)NC1CCCCC1)S(C)(=O)=O. The maximum absolute atomic E-state index is 14.3. The van der Waals surface area contributed by atoms with Gasteiger partial charge in [-0.05, 0) is 60.7 Å². The molecule has 1 atom stereocenters. The number of methoxy groups -OCH3 is 1. The highest BCUT2D eigenvalue weighted by molar-refractivity contribution is 7.92. The van der Waals surface area contributed by atoms with E-state index in [0.29, 0.717) is 11.3 Å². The summed E-state index contributed by atoms with van der Waals surface area (Å²) in [4.78, 5) is 29.7. The van der Waals surface area contributed by atoms with Crippen LogP contribution in [0.15, 0.2) is 72.8 Å². The molecule has 3 aromatic carbocycles. The third-order valence-corrected chi connectivity index (χ3v) is 8.90. The van der Waals surface area contributed by atoms with Gasteiger partial charge in [0.1, 0.15) is 24.2 Å². The molecule has 8 nitrogen and oxygen atoms in total. The number of nitrogens with one attached hydrogen (secondary N) is 1. The van der Waals surface area contributed by atoms with Crippen molar-refractivity contribution in [3.8, 4) is 5.75 Å². The van der Waals surface area contributed by atoms with Crippen LogP contribution in [0.5, 0.6) is 5.75 Å². The van der Waals surface area contributed by atoms with Crippen LogP contribution in [0.1, 0.15) is 48.8 Å². The fourth-order valence-corrected chi connectivity index (χ4v) is 6.32. The summed E-state index contributed by atoms with van der Waals surface area (Å²) < 4.78 is 46.4. The molecular weight excluding hydrogens is 569 g/mol. The van der Waals surface area contributed by atoms with Crippen LogP contribution >= 0.6 is 0 Å². The van der Waals surface area contributed by atoms with Gasteiger partial charge in [-0.1, -0.05) is 67.8 Å². The summed E-state index contributed by atoms with van der Waals surface area (Å²) in [6.45, 7) is 1.25. The molecule has 2 amide bonds. The molecule has 0 aromatic heterocycles. The van der Waals surface area contributed by atoms with Crippen LogP contribution in [0, 0.1) is 12.7 Å². The second-order valence-electron chi connectivity index (χ2n) is 11.1. The standard InChI is InChI=1S/C33H40FN3O5S/c1-24-14-19-31(42-2)29(20-24)37(43(3,40)41)23-32(38)36(22-26-15-17-27(34)18-16-26)30(21-25-10-6-4-7-11-25)33(39)35-28-12-8-5-9-13-28/h4,6-7,10-11,14-20,28,30H,5,8-9,12-13,21-23H2,1-3H3,(H,35,39). The number of nitrogens with zero attached hydrogens (tertiary/aromatic N) is 2. The van der Waals surface area contributed by atoms with Gasteiger partial charge in [0.15, 0.2) is 0 Å². The van der Waals surface area contributed by atoms with Crippen molar-refractivity contribution in [3.05, 3.63) is 95.3 Å². The quantitative estimate of drug-likeness (QED) is 0.312. The molecular formula is C33H40FN3O5S. The zero-order valence-electron chi connectivity index (χ0n) is 25.0. The van der Waals surface area contributed by atoms with Gasteiger partial charge in [-0.25, -0.2) is 12.8 Å². The number of anilines is 1. The molecule has 1 saturated carbocycles. The van der Waals surface area contributed by atoms with E-state index >= 15 is 0 Å². The molecule has 0 heterocycles. The fourth-order valence-electron chi connectivity index (χ4n) is 5.47. The number of ether oxygens (including phenoxy) is 1. The highest BCUT2D eigenvalue weighted by atomic mass is 32.2. The highest BCUT2D eigenvalue weighted by Crippen LogP contribution is 2.31. The summed E-state index contributed by atoms with van der Waals surface area (Å²) in [5, 5.41) is 3.17. The number of benzene rings is 3. The molecule has 0 saturated heterocycles. The lowest BCUT2D eigenvalue weighted by molar-refractivity contribution is -0.140. The Morgan fingerprint density at radius 1 is 0.977 bits per heavy atom. The molecule has 1 fully saturated rings. The monoisotopic (exact) mass is 609 g/mol. The molecule has 1 unspecified atom stereocenters. The van der Waals surface area contributed by atoms with E-state index < -0.39 is 34.3 Å². The predicted molar refractivity (Wildman–Crippen MR) is 166 cm³/mol. The van der Waals surface area contributed by atoms with Crippen LogP contribution in [0.2, 0.25) is 0 Å². The number of halogens is 1. The minimum Gasteiger partial charge on any atom is -0.495 e. The van der Waals surface area contributed by atoms with E-state index in [1.807, 2.05) is 37.3 Å². The molecule has 0 radical (unpaired) electrons. The molecule has 0 spiro atoms. The van der Waals surface area contributed by atoms with Gasteiger partial charge in [-0.15, -0.1) is 0 Å². The van der Waals surface area contributed by atoms with Crippen molar-refractivity contribution in [2.24, 2.45) is 0 Å². The van der Waals surface area contributed by atoms with Gasteiger partial charge in [-0.2, -0.15) is 0 Å². The van der Waals surface area contributed by atoms with Crippen LogP contribution in [-0.2, 0) is 32.6 Å². The Bertz CT molecular complexity index is 1490. The molecule has 0 bridgehead atoms.